The molecular weight excluding hydrogens is 272 g/mol. The SMILES string of the molecule is CCCCN(CC)S(=O)(=O)c1cccc2c1CCNC2. The number of fused-ring (bicyclic) bond motifs is 1. The Kier molecular flexibility index (Phi) is 5.18. The van der Waals surface area contributed by atoms with Crippen LogP contribution < -0.4 is 5.32 Å². The lowest BCUT2D eigenvalue weighted by atomic mass is 10.0. The van der Waals surface area contributed by atoms with Crippen molar-refractivity contribution < 1.29 is 8.42 Å². The second kappa shape index (κ2) is 6.70. The second-order valence-corrected chi connectivity index (χ2v) is 7.08. The Morgan fingerprint density at radius 3 is 2.80 bits per heavy atom. The van der Waals surface area contributed by atoms with Gasteiger partial charge < -0.3 is 5.32 Å². The summed E-state index contributed by atoms with van der Waals surface area (Å²) in [5.41, 5.74) is 2.12. The Bertz CT molecular complexity index is 555. The summed E-state index contributed by atoms with van der Waals surface area (Å²) in [7, 11) is -3.36. The predicted molar refractivity (Wildman–Crippen MR) is 81.2 cm³/mol. The van der Waals surface area contributed by atoms with Crippen LogP contribution in [0.4, 0.5) is 0 Å². The van der Waals surface area contributed by atoms with Crippen LogP contribution in [0, 0.1) is 0 Å². The van der Waals surface area contributed by atoms with Crippen molar-refractivity contribution in [2.24, 2.45) is 0 Å². The molecule has 0 spiro atoms. The smallest absolute Gasteiger partial charge is 0.243 e. The third-order valence-corrected chi connectivity index (χ3v) is 5.89. The van der Waals surface area contributed by atoms with E-state index in [1.54, 1.807) is 10.4 Å². The van der Waals surface area contributed by atoms with E-state index in [4.69, 9.17) is 0 Å². The first-order chi connectivity index (χ1) is 9.61. The van der Waals surface area contributed by atoms with Gasteiger partial charge >= 0.3 is 0 Å². The summed E-state index contributed by atoms with van der Waals surface area (Å²) in [4.78, 5) is 0.509. The van der Waals surface area contributed by atoms with Gasteiger partial charge in [0.25, 0.3) is 0 Å². The van der Waals surface area contributed by atoms with Gasteiger partial charge in [-0.1, -0.05) is 32.4 Å². The summed E-state index contributed by atoms with van der Waals surface area (Å²) in [5, 5.41) is 3.29. The minimum Gasteiger partial charge on any atom is -0.312 e. The van der Waals surface area contributed by atoms with Gasteiger partial charge in [-0.3, -0.25) is 0 Å². The highest BCUT2D eigenvalue weighted by atomic mass is 32.2. The normalized spacial score (nSPS) is 15.3. The Morgan fingerprint density at radius 2 is 2.10 bits per heavy atom. The molecule has 2 rings (SSSR count). The van der Waals surface area contributed by atoms with E-state index in [2.05, 4.69) is 12.2 Å². The molecule has 0 aliphatic carbocycles. The minimum absolute atomic E-state index is 0.509. The molecule has 1 aliphatic rings. The third kappa shape index (κ3) is 3.05. The number of hydrogen-bond donors (Lipinski definition) is 1. The molecule has 1 N–H and O–H groups in total. The van der Waals surface area contributed by atoms with E-state index in [9.17, 15) is 8.42 Å². The van der Waals surface area contributed by atoms with Crippen molar-refractivity contribution in [1.82, 2.24) is 9.62 Å². The maximum Gasteiger partial charge on any atom is 0.243 e. The van der Waals surface area contributed by atoms with Crippen LogP contribution in [-0.2, 0) is 23.0 Å². The molecule has 1 aromatic carbocycles. The van der Waals surface area contributed by atoms with Gasteiger partial charge in [0.05, 0.1) is 4.90 Å². The van der Waals surface area contributed by atoms with Gasteiger partial charge in [-0.15, -0.1) is 0 Å². The fourth-order valence-corrected chi connectivity index (χ4v) is 4.44. The van der Waals surface area contributed by atoms with E-state index in [1.807, 2.05) is 19.1 Å². The highest BCUT2D eigenvalue weighted by molar-refractivity contribution is 7.89. The molecule has 1 aromatic rings. The van der Waals surface area contributed by atoms with Gasteiger partial charge in [0.1, 0.15) is 0 Å². The zero-order valence-electron chi connectivity index (χ0n) is 12.4. The monoisotopic (exact) mass is 296 g/mol. The zero-order valence-corrected chi connectivity index (χ0v) is 13.2. The van der Waals surface area contributed by atoms with Crippen molar-refractivity contribution in [2.45, 2.75) is 44.6 Å². The molecule has 0 fully saturated rings. The van der Waals surface area contributed by atoms with E-state index < -0.39 is 10.0 Å². The van der Waals surface area contributed by atoms with Crippen LogP contribution in [0.2, 0.25) is 0 Å². The number of benzene rings is 1. The number of rotatable bonds is 6. The van der Waals surface area contributed by atoms with E-state index in [0.717, 1.165) is 43.5 Å². The molecule has 4 nitrogen and oxygen atoms in total. The maximum atomic E-state index is 12.8. The number of nitrogens with zero attached hydrogens (tertiary/aromatic N) is 1. The quantitative estimate of drug-likeness (QED) is 0.875. The Labute approximate surface area is 122 Å². The van der Waals surface area contributed by atoms with E-state index in [1.165, 1.54) is 0 Å². The number of nitrogens with one attached hydrogen (secondary N) is 1. The topological polar surface area (TPSA) is 49.4 Å². The molecule has 1 aliphatic heterocycles. The number of hydrogen-bond acceptors (Lipinski definition) is 3. The summed E-state index contributed by atoms with van der Waals surface area (Å²) in [6.45, 7) is 6.74. The Hall–Kier alpha value is -0.910. The third-order valence-electron chi connectivity index (χ3n) is 3.83. The van der Waals surface area contributed by atoms with Crippen LogP contribution in [0.15, 0.2) is 23.1 Å². The molecule has 0 bridgehead atoms. The lowest BCUT2D eigenvalue weighted by molar-refractivity contribution is 0.418. The van der Waals surface area contributed by atoms with Gasteiger partial charge in [0, 0.05) is 19.6 Å². The lowest BCUT2D eigenvalue weighted by Crippen LogP contribution is -2.34. The van der Waals surface area contributed by atoms with Crippen LogP contribution in [0.3, 0.4) is 0 Å². The average Bonchev–Trinajstić information content (AvgIpc) is 2.47. The molecule has 0 atom stereocenters. The van der Waals surface area contributed by atoms with Crippen LogP contribution in [-0.4, -0.2) is 32.4 Å². The lowest BCUT2D eigenvalue weighted by Gasteiger charge is -2.25. The Balaban J connectivity index is 2.38. The molecule has 0 radical (unpaired) electrons. The summed E-state index contributed by atoms with van der Waals surface area (Å²) in [6.07, 6.45) is 2.70. The van der Waals surface area contributed by atoms with Crippen LogP contribution in [0.25, 0.3) is 0 Å². The fourth-order valence-electron chi connectivity index (χ4n) is 2.66. The number of sulfonamides is 1. The van der Waals surface area contributed by atoms with E-state index in [0.29, 0.717) is 18.0 Å². The Morgan fingerprint density at radius 1 is 1.30 bits per heavy atom. The largest absolute Gasteiger partial charge is 0.312 e. The van der Waals surface area contributed by atoms with Crippen LogP contribution in [0.1, 0.15) is 37.8 Å². The van der Waals surface area contributed by atoms with Crippen LogP contribution in [0.5, 0.6) is 0 Å². The highest BCUT2D eigenvalue weighted by Gasteiger charge is 2.27. The van der Waals surface area contributed by atoms with E-state index in [-0.39, 0.29) is 0 Å². The molecule has 5 heteroatoms. The van der Waals surface area contributed by atoms with Crippen LogP contribution >= 0.6 is 0 Å². The number of unbranched alkanes of at least 4 members (excludes halogenated alkanes) is 1. The molecule has 20 heavy (non-hydrogen) atoms. The van der Waals surface area contributed by atoms with Gasteiger partial charge in [-0.05, 0) is 36.6 Å². The van der Waals surface area contributed by atoms with E-state index >= 15 is 0 Å². The summed E-state index contributed by atoms with van der Waals surface area (Å²) in [6, 6.07) is 5.63. The second-order valence-electron chi connectivity index (χ2n) is 5.17. The van der Waals surface area contributed by atoms with Crippen molar-refractivity contribution in [3.8, 4) is 0 Å². The zero-order chi connectivity index (χ0) is 14.6. The van der Waals surface area contributed by atoms with Gasteiger partial charge in [0.15, 0.2) is 0 Å². The van der Waals surface area contributed by atoms with Gasteiger partial charge in [0.2, 0.25) is 10.0 Å². The van der Waals surface area contributed by atoms with Crippen molar-refractivity contribution in [3.63, 3.8) is 0 Å². The van der Waals surface area contributed by atoms with Gasteiger partial charge in [-0.25, -0.2) is 8.42 Å². The highest BCUT2D eigenvalue weighted by Crippen LogP contribution is 2.25. The van der Waals surface area contributed by atoms with Gasteiger partial charge in [-0.2, -0.15) is 4.31 Å². The average molecular weight is 296 g/mol. The molecule has 112 valence electrons. The standard InChI is InChI=1S/C15H24N2O2S/c1-3-5-11-17(4-2)20(18,19)15-8-6-7-13-12-16-10-9-14(13)15/h6-8,16H,3-5,9-12H2,1-2H3. The van der Waals surface area contributed by atoms with Crippen molar-refractivity contribution in [2.75, 3.05) is 19.6 Å². The van der Waals surface area contributed by atoms with Crippen molar-refractivity contribution in [1.29, 1.82) is 0 Å². The molecular formula is C15H24N2O2S. The van der Waals surface area contributed by atoms with Crippen molar-refractivity contribution in [3.05, 3.63) is 29.3 Å². The first kappa shape index (κ1) is 15.5. The molecule has 0 unspecified atom stereocenters. The summed E-state index contributed by atoms with van der Waals surface area (Å²) < 4.78 is 27.3. The molecule has 0 saturated heterocycles. The summed E-state index contributed by atoms with van der Waals surface area (Å²) >= 11 is 0. The molecule has 0 aromatic heterocycles. The minimum atomic E-state index is -3.36. The summed E-state index contributed by atoms with van der Waals surface area (Å²) in [5.74, 6) is 0. The predicted octanol–water partition coefficient (Wildman–Crippen LogP) is 2.14. The van der Waals surface area contributed by atoms with Crippen molar-refractivity contribution >= 4 is 10.0 Å². The molecule has 0 amide bonds. The molecule has 1 heterocycles. The fraction of sp³-hybridized carbons (Fsp3) is 0.600. The maximum absolute atomic E-state index is 12.8. The first-order valence-electron chi connectivity index (χ1n) is 7.42. The molecule has 0 saturated carbocycles. The first-order valence-corrected chi connectivity index (χ1v) is 8.86.